The zero-order chi connectivity index (χ0) is 24.5. The van der Waals surface area contributed by atoms with Gasteiger partial charge in [-0.2, -0.15) is 5.26 Å². The highest BCUT2D eigenvalue weighted by Gasteiger charge is 2.12. The number of anilines is 1. The van der Waals surface area contributed by atoms with Gasteiger partial charge in [-0.1, -0.05) is 60.2 Å². The molecule has 1 aromatic heterocycles. The Labute approximate surface area is 208 Å². The van der Waals surface area contributed by atoms with E-state index in [2.05, 4.69) is 10.3 Å². The van der Waals surface area contributed by atoms with Crippen LogP contribution in [0.15, 0.2) is 89.8 Å². The average molecular weight is 482 g/mol. The molecular formula is C28H23N3O3S. The number of carbonyl (C=O) groups is 1. The van der Waals surface area contributed by atoms with E-state index in [9.17, 15) is 10.1 Å². The zero-order valence-electron chi connectivity index (χ0n) is 19.1. The topological polar surface area (TPSA) is 84.2 Å². The number of ether oxygens (including phenoxy) is 2. The Hall–Kier alpha value is -4.41. The number of thiazole rings is 1. The molecule has 1 amide bonds. The fourth-order valence-corrected chi connectivity index (χ4v) is 3.88. The first-order valence-electron chi connectivity index (χ1n) is 11.0. The number of nitriles is 1. The maximum Gasteiger partial charge on any atom is 0.268 e. The van der Waals surface area contributed by atoms with Crippen LogP contribution in [0, 0.1) is 18.3 Å². The van der Waals surface area contributed by atoms with Gasteiger partial charge in [-0.25, -0.2) is 4.98 Å². The Morgan fingerprint density at radius 1 is 0.971 bits per heavy atom. The van der Waals surface area contributed by atoms with Crippen molar-refractivity contribution in [3.8, 4) is 28.8 Å². The molecule has 0 aliphatic rings. The quantitative estimate of drug-likeness (QED) is 0.177. The second-order valence-electron chi connectivity index (χ2n) is 7.61. The average Bonchev–Trinajstić information content (AvgIpc) is 3.36. The molecule has 4 rings (SSSR count). The number of hydrogen-bond acceptors (Lipinski definition) is 6. The number of aryl methyl sites for hydroxylation is 1. The summed E-state index contributed by atoms with van der Waals surface area (Å²) in [6.07, 6.45) is 1.53. The highest BCUT2D eigenvalue weighted by atomic mass is 32.1. The number of hydrogen-bond donors (Lipinski definition) is 1. The first kappa shape index (κ1) is 23.7. The van der Waals surface area contributed by atoms with Gasteiger partial charge < -0.3 is 9.47 Å². The van der Waals surface area contributed by atoms with Crippen molar-refractivity contribution in [2.45, 2.75) is 6.92 Å². The van der Waals surface area contributed by atoms with Gasteiger partial charge in [0.15, 0.2) is 5.13 Å². The minimum Gasteiger partial charge on any atom is -0.490 e. The molecule has 1 heterocycles. The first-order chi connectivity index (χ1) is 17.1. The van der Waals surface area contributed by atoms with Crippen LogP contribution in [-0.2, 0) is 4.79 Å². The van der Waals surface area contributed by atoms with E-state index in [4.69, 9.17) is 9.47 Å². The van der Waals surface area contributed by atoms with Gasteiger partial charge in [0.25, 0.3) is 5.91 Å². The number of carbonyl (C=O) groups excluding carboxylic acids is 1. The van der Waals surface area contributed by atoms with Crippen molar-refractivity contribution >= 4 is 28.5 Å². The van der Waals surface area contributed by atoms with E-state index in [1.165, 1.54) is 23.0 Å². The van der Waals surface area contributed by atoms with Gasteiger partial charge >= 0.3 is 0 Å². The third-order valence-corrected chi connectivity index (χ3v) is 5.75. The molecule has 3 aromatic carbocycles. The Morgan fingerprint density at radius 2 is 1.60 bits per heavy atom. The molecule has 0 saturated heterocycles. The van der Waals surface area contributed by atoms with Crippen molar-refractivity contribution in [3.63, 3.8) is 0 Å². The molecule has 0 spiro atoms. The molecular weight excluding hydrogens is 458 g/mol. The Balaban J connectivity index is 1.30. The summed E-state index contributed by atoms with van der Waals surface area (Å²) >= 11 is 1.31. The summed E-state index contributed by atoms with van der Waals surface area (Å²) < 4.78 is 11.4. The molecule has 1 N–H and O–H groups in total. The highest BCUT2D eigenvalue weighted by Crippen LogP contribution is 2.25. The van der Waals surface area contributed by atoms with Crippen LogP contribution in [0.2, 0.25) is 0 Å². The van der Waals surface area contributed by atoms with E-state index < -0.39 is 5.91 Å². The first-order valence-corrected chi connectivity index (χ1v) is 11.8. The molecule has 35 heavy (non-hydrogen) atoms. The predicted octanol–water partition coefficient (Wildman–Crippen LogP) is 6.12. The van der Waals surface area contributed by atoms with Gasteiger partial charge in [-0.05, 0) is 42.8 Å². The lowest BCUT2D eigenvalue weighted by molar-refractivity contribution is -0.112. The second kappa shape index (κ2) is 11.6. The maximum absolute atomic E-state index is 12.6. The normalized spacial score (nSPS) is 10.9. The predicted molar refractivity (Wildman–Crippen MR) is 138 cm³/mol. The molecule has 0 saturated carbocycles. The summed E-state index contributed by atoms with van der Waals surface area (Å²) in [6, 6.07) is 26.7. The van der Waals surface area contributed by atoms with Gasteiger partial charge in [0, 0.05) is 10.9 Å². The summed E-state index contributed by atoms with van der Waals surface area (Å²) in [6.45, 7) is 2.85. The standard InChI is InChI=1S/C28H23N3O3S/c1-20-7-11-24(12-8-20)33-15-16-34-25-13-9-21(10-14-25)17-23(18-29)27(32)31-28-30-26(19-35-28)22-5-3-2-4-6-22/h2-14,17,19H,15-16H2,1H3,(H,30,31,32)/b23-17-. The fourth-order valence-electron chi connectivity index (χ4n) is 3.17. The smallest absolute Gasteiger partial charge is 0.268 e. The van der Waals surface area contributed by atoms with Crippen molar-refractivity contribution in [1.82, 2.24) is 4.98 Å². The molecule has 0 aliphatic heterocycles. The molecule has 0 unspecified atom stereocenters. The van der Waals surface area contributed by atoms with Crippen LogP contribution in [0.1, 0.15) is 11.1 Å². The minimum atomic E-state index is -0.505. The summed E-state index contributed by atoms with van der Waals surface area (Å²) in [5.41, 5.74) is 3.61. The Morgan fingerprint density at radius 3 is 2.23 bits per heavy atom. The van der Waals surface area contributed by atoms with Crippen LogP contribution in [-0.4, -0.2) is 24.1 Å². The van der Waals surface area contributed by atoms with Gasteiger partial charge in [0.1, 0.15) is 36.4 Å². The number of nitrogens with zero attached hydrogens (tertiary/aromatic N) is 2. The van der Waals surface area contributed by atoms with Crippen LogP contribution in [0.5, 0.6) is 11.5 Å². The third kappa shape index (κ3) is 6.79. The molecule has 7 heteroatoms. The number of rotatable bonds is 9. The highest BCUT2D eigenvalue weighted by molar-refractivity contribution is 7.14. The summed E-state index contributed by atoms with van der Waals surface area (Å²) in [5, 5.41) is 14.5. The van der Waals surface area contributed by atoms with Crippen LogP contribution in [0.3, 0.4) is 0 Å². The van der Waals surface area contributed by atoms with E-state index in [0.29, 0.717) is 29.7 Å². The van der Waals surface area contributed by atoms with Crippen LogP contribution < -0.4 is 14.8 Å². The zero-order valence-corrected chi connectivity index (χ0v) is 19.9. The van der Waals surface area contributed by atoms with Gasteiger partial charge in [-0.3, -0.25) is 10.1 Å². The molecule has 174 valence electrons. The molecule has 0 aliphatic carbocycles. The van der Waals surface area contributed by atoms with Crippen LogP contribution in [0.4, 0.5) is 5.13 Å². The lowest BCUT2D eigenvalue weighted by Crippen LogP contribution is -2.13. The Kier molecular flexibility index (Phi) is 7.89. The van der Waals surface area contributed by atoms with Gasteiger partial charge in [0.2, 0.25) is 0 Å². The van der Waals surface area contributed by atoms with E-state index in [-0.39, 0.29) is 5.57 Å². The minimum absolute atomic E-state index is 0.0124. The van der Waals surface area contributed by atoms with E-state index in [0.717, 1.165) is 17.0 Å². The van der Waals surface area contributed by atoms with Gasteiger partial charge in [0.05, 0.1) is 5.69 Å². The second-order valence-corrected chi connectivity index (χ2v) is 8.46. The summed E-state index contributed by atoms with van der Waals surface area (Å²) in [7, 11) is 0. The van der Waals surface area contributed by atoms with Gasteiger partial charge in [-0.15, -0.1) is 11.3 Å². The van der Waals surface area contributed by atoms with Crippen molar-refractivity contribution in [2.24, 2.45) is 0 Å². The molecule has 0 fully saturated rings. The Bertz CT molecular complexity index is 1340. The molecule has 4 aromatic rings. The SMILES string of the molecule is Cc1ccc(OCCOc2ccc(/C=C(/C#N)C(=O)Nc3nc(-c4ccccc4)cs3)cc2)cc1. The third-order valence-electron chi connectivity index (χ3n) is 4.99. The van der Waals surface area contributed by atoms with E-state index in [1.54, 1.807) is 24.3 Å². The molecule has 0 atom stereocenters. The number of benzene rings is 3. The number of nitrogens with one attached hydrogen (secondary N) is 1. The molecule has 0 radical (unpaired) electrons. The van der Waals surface area contributed by atoms with Crippen molar-refractivity contribution in [1.29, 1.82) is 5.26 Å². The van der Waals surface area contributed by atoms with Crippen molar-refractivity contribution in [3.05, 3.63) is 101 Å². The summed E-state index contributed by atoms with van der Waals surface area (Å²) in [4.78, 5) is 17.0. The fraction of sp³-hybridized carbons (Fsp3) is 0.107. The number of amides is 1. The molecule has 0 bridgehead atoms. The summed E-state index contributed by atoms with van der Waals surface area (Å²) in [5.74, 6) is 0.972. The van der Waals surface area contributed by atoms with E-state index >= 15 is 0 Å². The lowest BCUT2D eigenvalue weighted by atomic mass is 10.1. The maximum atomic E-state index is 12.6. The largest absolute Gasteiger partial charge is 0.490 e. The monoisotopic (exact) mass is 481 g/mol. The van der Waals surface area contributed by atoms with Crippen molar-refractivity contribution < 1.29 is 14.3 Å². The lowest BCUT2D eigenvalue weighted by Gasteiger charge is -2.09. The van der Waals surface area contributed by atoms with E-state index in [1.807, 2.05) is 73.0 Å². The van der Waals surface area contributed by atoms with Crippen LogP contribution >= 0.6 is 11.3 Å². The van der Waals surface area contributed by atoms with Crippen molar-refractivity contribution in [2.75, 3.05) is 18.5 Å². The van der Waals surface area contributed by atoms with Crippen LogP contribution in [0.25, 0.3) is 17.3 Å². The number of aromatic nitrogens is 1. The molecule has 6 nitrogen and oxygen atoms in total.